The second-order valence-corrected chi connectivity index (χ2v) is 13.3. The summed E-state index contributed by atoms with van der Waals surface area (Å²) in [6.45, 7) is 5.02. The molecule has 0 aromatic heterocycles. The van der Waals surface area contributed by atoms with Crippen molar-refractivity contribution >= 4 is 39.1 Å². The van der Waals surface area contributed by atoms with Gasteiger partial charge in [-0.1, -0.05) is 77.8 Å². The molecule has 0 saturated heterocycles. The van der Waals surface area contributed by atoms with E-state index in [9.17, 15) is 18.0 Å². The highest BCUT2D eigenvalue weighted by Gasteiger charge is 2.35. The van der Waals surface area contributed by atoms with Crippen molar-refractivity contribution in [2.75, 3.05) is 18.0 Å². The lowest BCUT2D eigenvalue weighted by molar-refractivity contribution is -0.140. The van der Waals surface area contributed by atoms with Crippen LogP contribution in [0.15, 0.2) is 108 Å². The average Bonchev–Trinajstić information content (AvgIpc) is 3.01. The van der Waals surface area contributed by atoms with Crippen LogP contribution in [0.5, 0.6) is 5.75 Å². The Hall–Kier alpha value is -4.34. The second-order valence-electron chi connectivity index (χ2n) is 11.0. The van der Waals surface area contributed by atoms with Crippen molar-refractivity contribution in [3.8, 4) is 5.75 Å². The van der Waals surface area contributed by atoms with Gasteiger partial charge in [-0.25, -0.2) is 8.42 Å². The first kappa shape index (κ1) is 33.6. The van der Waals surface area contributed by atoms with E-state index in [0.717, 1.165) is 15.4 Å². The Morgan fingerprint density at radius 3 is 2.18 bits per heavy atom. The van der Waals surface area contributed by atoms with Gasteiger partial charge in [-0.05, 0) is 74.4 Å². The molecular weight excluding hydrogens is 610 g/mol. The van der Waals surface area contributed by atoms with E-state index < -0.39 is 28.5 Å². The molecule has 10 heteroatoms. The number of ether oxygens (including phenoxy) is 1. The molecule has 4 rings (SSSR count). The molecule has 0 saturated carbocycles. The molecule has 0 bridgehead atoms. The summed E-state index contributed by atoms with van der Waals surface area (Å²) >= 11 is 6.29. The van der Waals surface area contributed by atoms with Crippen LogP contribution in [0, 0.1) is 6.92 Å². The molecule has 1 atom stereocenters. The summed E-state index contributed by atoms with van der Waals surface area (Å²) in [5.74, 6) is -0.317. The van der Waals surface area contributed by atoms with Crippen molar-refractivity contribution in [3.63, 3.8) is 0 Å². The van der Waals surface area contributed by atoms with Crippen LogP contribution in [0.2, 0.25) is 5.02 Å². The summed E-state index contributed by atoms with van der Waals surface area (Å²) in [5.41, 5.74) is 2.69. The lowest BCUT2D eigenvalue weighted by atomic mass is 10.0. The molecule has 2 amide bonds. The topological polar surface area (TPSA) is 96.0 Å². The third-order valence-electron chi connectivity index (χ3n) is 7.17. The van der Waals surface area contributed by atoms with Crippen molar-refractivity contribution in [2.45, 2.75) is 50.7 Å². The monoisotopic (exact) mass is 647 g/mol. The highest BCUT2D eigenvalue weighted by Crippen LogP contribution is 2.27. The smallest absolute Gasteiger partial charge is 0.264 e. The quantitative estimate of drug-likeness (QED) is 0.192. The van der Waals surface area contributed by atoms with E-state index in [2.05, 4.69) is 5.32 Å². The number of halogens is 1. The Balaban J connectivity index is 1.82. The Morgan fingerprint density at radius 1 is 0.867 bits per heavy atom. The molecule has 8 nitrogen and oxygen atoms in total. The highest BCUT2D eigenvalue weighted by atomic mass is 35.5. The van der Waals surface area contributed by atoms with E-state index in [1.165, 1.54) is 23.1 Å². The maximum absolute atomic E-state index is 14.5. The fraction of sp³-hybridized carbons (Fsp3) is 0.257. The van der Waals surface area contributed by atoms with E-state index in [1.807, 2.05) is 57.2 Å². The molecule has 0 aliphatic rings. The number of nitrogens with zero attached hydrogens (tertiary/aromatic N) is 2. The Labute approximate surface area is 270 Å². The molecule has 4 aromatic carbocycles. The van der Waals surface area contributed by atoms with Crippen LogP contribution < -0.4 is 14.4 Å². The van der Waals surface area contributed by atoms with Crippen molar-refractivity contribution < 1.29 is 22.7 Å². The fourth-order valence-corrected chi connectivity index (χ4v) is 6.49. The van der Waals surface area contributed by atoms with Gasteiger partial charge < -0.3 is 15.0 Å². The largest absolute Gasteiger partial charge is 0.497 e. The molecule has 4 aromatic rings. The predicted octanol–water partition coefficient (Wildman–Crippen LogP) is 6.02. The molecule has 0 aliphatic carbocycles. The molecule has 236 valence electrons. The van der Waals surface area contributed by atoms with E-state index in [1.54, 1.807) is 55.6 Å². The number of methoxy groups -OCH3 is 1. The van der Waals surface area contributed by atoms with Crippen LogP contribution in [0.3, 0.4) is 0 Å². The molecule has 1 N–H and O–H groups in total. The van der Waals surface area contributed by atoms with E-state index in [0.29, 0.717) is 16.3 Å². The van der Waals surface area contributed by atoms with Gasteiger partial charge in [0.1, 0.15) is 18.3 Å². The molecule has 0 unspecified atom stereocenters. The number of carbonyl (C=O) groups excluding carboxylic acids is 2. The number of rotatable bonds is 13. The van der Waals surface area contributed by atoms with E-state index >= 15 is 0 Å². The van der Waals surface area contributed by atoms with E-state index in [4.69, 9.17) is 16.3 Å². The number of amides is 2. The van der Waals surface area contributed by atoms with Gasteiger partial charge in [-0.15, -0.1) is 0 Å². The summed E-state index contributed by atoms with van der Waals surface area (Å²) in [4.78, 5) is 29.8. The van der Waals surface area contributed by atoms with Crippen molar-refractivity contribution in [1.82, 2.24) is 10.2 Å². The number of aryl methyl sites for hydroxylation is 1. The van der Waals surface area contributed by atoms with Gasteiger partial charge in [0.2, 0.25) is 11.8 Å². The van der Waals surface area contributed by atoms with Gasteiger partial charge in [-0.3, -0.25) is 13.9 Å². The Morgan fingerprint density at radius 2 is 1.53 bits per heavy atom. The summed E-state index contributed by atoms with van der Waals surface area (Å²) < 4.78 is 34.7. The molecule has 45 heavy (non-hydrogen) atoms. The molecular formula is C35H38ClN3O5S. The average molecular weight is 648 g/mol. The normalized spacial score (nSPS) is 12.0. The Kier molecular flexibility index (Phi) is 11.3. The van der Waals surface area contributed by atoms with Crippen LogP contribution in [0.1, 0.15) is 30.5 Å². The van der Waals surface area contributed by atoms with Gasteiger partial charge in [0.25, 0.3) is 10.0 Å². The number of benzene rings is 4. The summed E-state index contributed by atoms with van der Waals surface area (Å²) in [6, 6.07) is 28.3. The predicted molar refractivity (Wildman–Crippen MR) is 178 cm³/mol. The van der Waals surface area contributed by atoms with E-state index in [-0.39, 0.29) is 35.5 Å². The minimum Gasteiger partial charge on any atom is -0.497 e. The zero-order valence-corrected chi connectivity index (χ0v) is 27.4. The van der Waals surface area contributed by atoms with Crippen LogP contribution >= 0.6 is 11.6 Å². The van der Waals surface area contributed by atoms with Crippen molar-refractivity contribution in [3.05, 3.63) is 125 Å². The minimum atomic E-state index is -4.22. The fourth-order valence-electron chi connectivity index (χ4n) is 4.90. The third kappa shape index (κ3) is 8.86. The van der Waals surface area contributed by atoms with Crippen LogP contribution in [0.4, 0.5) is 5.69 Å². The van der Waals surface area contributed by atoms with Gasteiger partial charge in [0.15, 0.2) is 0 Å². The number of hydrogen-bond acceptors (Lipinski definition) is 5. The standard InChI is InChI=1S/C35H38ClN3O5S/c1-25(2)37-35(41)33(21-27-10-6-5-7-11-27)38(23-28-12-8-15-31(20-28)44-4)34(40)24-39(30-14-9-13-29(36)22-30)45(42,43)32-18-16-26(3)17-19-32/h5-20,22,25,33H,21,23-24H2,1-4H3,(H,37,41)/t33-/m1/s1. The molecule has 0 spiro atoms. The van der Waals surface area contributed by atoms with Crippen LogP contribution in [0.25, 0.3) is 0 Å². The highest BCUT2D eigenvalue weighted by molar-refractivity contribution is 7.92. The summed E-state index contributed by atoms with van der Waals surface area (Å²) in [6.07, 6.45) is 0.219. The number of sulfonamides is 1. The minimum absolute atomic E-state index is 0.0265. The SMILES string of the molecule is COc1cccc(CN(C(=O)CN(c2cccc(Cl)c2)S(=O)(=O)c2ccc(C)cc2)[C@H](Cc2ccccc2)C(=O)NC(C)C)c1. The molecule has 0 radical (unpaired) electrons. The van der Waals surface area contributed by atoms with Gasteiger partial charge in [0.05, 0.1) is 17.7 Å². The lowest BCUT2D eigenvalue weighted by Crippen LogP contribution is -2.54. The van der Waals surface area contributed by atoms with Gasteiger partial charge >= 0.3 is 0 Å². The van der Waals surface area contributed by atoms with Crippen molar-refractivity contribution in [2.24, 2.45) is 0 Å². The van der Waals surface area contributed by atoms with Gasteiger partial charge in [-0.2, -0.15) is 0 Å². The van der Waals surface area contributed by atoms with Crippen LogP contribution in [-0.4, -0.2) is 50.9 Å². The van der Waals surface area contributed by atoms with Gasteiger partial charge in [0, 0.05) is 24.0 Å². The Bertz CT molecular complexity index is 1710. The second kappa shape index (κ2) is 15.1. The number of anilines is 1. The summed E-state index contributed by atoms with van der Waals surface area (Å²) in [7, 11) is -2.67. The summed E-state index contributed by atoms with van der Waals surface area (Å²) in [5, 5.41) is 3.27. The lowest BCUT2D eigenvalue weighted by Gasteiger charge is -2.34. The number of hydrogen-bond donors (Lipinski definition) is 1. The zero-order valence-electron chi connectivity index (χ0n) is 25.8. The first-order chi connectivity index (χ1) is 21.5. The first-order valence-electron chi connectivity index (χ1n) is 14.6. The number of nitrogens with one attached hydrogen (secondary N) is 1. The van der Waals surface area contributed by atoms with Crippen LogP contribution in [-0.2, 0) is 32.6 Å². The number of carbonyl (C=O) groups is 2. The molecule has 0 aliphatic heterocycles. The maximum atomic E-state index is 14.5. The maximum Gasteiger partial charge on any atom is 0.264 e. The molecule has 0 fully saturated rings. The molecule has 0 heterocycles. The third-order valence-corrected chi connectivity index (χ3v) is 9.20. The zero-order chi connectivity index (χ0) is 32.6. The first-order valence-corrected chi connectivity index (χ1v) is 16.4. The van der Waals surface area contributed by atoms with Crippen molar-refractivity contribution in [1.29, 1.82) is 0 Å².